The molecule has 1 atom stereocenters. The lowest BCUT2D eigenvalue weighted by atomic mass is 10.2. The molecular formula is C14H13Cl2NO4S2. The quantitative estimate of drug-likeness (QED) is 0.760. The van der Waals surface area contributed by atoms with Gasteiger partial charge in [0.05, 0.1) is 29.6 Å². The summed E-state index contributed by atoms with van der Waals surface area (Å²) in [5.41, 5.74) is 0. The number of methoxy groups -OCH3 is 1. The average molecular weight is 394 g/mol. The highest BCUT2D eigenvalue weighted by Crippen LogP contribution is 2.31. The summed E-state index contributed by atoms with van der Waals surface area (Å²) in [6, 6.07) is 7.15. The summed E-state index contributed by atoms with van der Waals surface area (Å²) < 4.78 is 32.3. The van der Waals surface area contributed by atoms with E-state index < -0.39 is 22.0 Å². The topological polar surface area (TPSA) is 72.5 Å². The highest BCUT2D eigenvalue weighted by Gasteiger charge is 2.28. The smallest absolute Gasteiger partial charge is 0.307 e. The lowest BCUT2D eigenvalue weighted by Gasteiger charge is -2.17. The van der Waals surface area contributed by atoms with E-state index in [2.05, 4.69) is 9.46 Å². The van der Waals surface area contributed by atoms with Crippen LogP contribution < -0.4 is 4.72 Å². The predicted molar refractivity (Wildman–Crippen MR) is 90.5 cm³/mol. The highest BCUT2D eigenvalue weighted by atomic mass is 35.5. The van der Waals surface area contributed by atoms with Crippen molar-refractivity contribution in [2.75, 3.05) is 7.11 Å². The molecule has 0 saturated carbocycles. The van der Waals surface area contributed by atoms with Gasteiger partial charge < -0.3 is 4.74 Å². The number of nitrogens with one attached hydrogen (secondary N) is 1. The zero-order valence-electron chi connectivity index (χ0n) is 12.0. The number of sulfonamides is 1. The van der Waals surface area contributed by atoms with Gasteiger partial charge in [0.25, 0.3) is 0 Å². The lowest BCUT2D eigenvalue weighted by molar-refractivity contribution is -0.141. The van der Waals surface area contributed by atoms with Gasteiger partial charge in [0.15, 0.2) is 0 Å². The summed E-state index contributed by atoms with van der Waals surface area (Å²) in [4.78, 5) is 12.0. The van der Waals surface area contributed by atoms with Gasteiger partial charge in [0, 0.05) is 4.88 Å². The van der Waals surface area contributed by atoms with Gasteiger partial charge in [0.2, 0.25) is 10.0 Å². The molecule has 0 aliphatic heterocycles. The van der Waals surface area contributed by atoms with E-state index in [1.165, 1.54) is 30.6 Å². The van der Waals surface area contributed by atoms with Crippen molar-refractivity contribution in [2.45, 2.75) is 17.4 Å². The van der Waals surface area contributed by atoms with Crippen LogP contribution in [-0.2, 0) is 19.6 Å². The summed E-state index contributed by atoms with van der Waals surface area (Å²) in [5, 5.41) is 1.80. The Morgan fingerprint density at radius 3 is 2.43 bits per heavy atom. The first-order valence-corrected chi connectivity index (χ1v) is 9.53. The fourth-order valence-electron chi connectivity index (χ4n) is 1.93. The van der Waals surface area contributed by atoms with Crippen LogP contribution in [0.1, 0.15) is 17.3 Å². The molecule has 0 spiro atoms. The molecule has 2 rings (SSSR count). The van der Waals surface area contributed by atoms with Crippen LogP contribution in [0.3, 0.4) is 0 Å². The average Bonchev–Trinajstić information content (AvgIpc) is 2.99. The Hall–Kier alpha value is -1.12. The summed E-state index contributed by atoms with van der Waals surface area (Å²) in [6.45, 7) is 0. The molecule has 1 aromatic heterocycles. The molecule has 0 fully saturated rings. The number of carbonyl (C=O) groups excluding carboxylic acids is 1. The Labute approximate surface area is 148 Å². The first-order chi connectivity index (χ1) is 10.8. The molecular weight excluding hydrogens is 381 g/mol. The van der Waals surface area contributed by atoms with Crippen molar-refractivity contribution in [1.82, 2.24) is 4.72 Å². The van der Waals surface area contributed by atoms with E-state index in [4.69, 9.17) is 23.2 Å². The second kappa shape index (κ2) is 7.63. The third-order valence-electron chi connectivity index (χ3n) is 2.97. The second-order valence-electron chi connectivity index (χ2n) is 4.52. The van der Waals surface area contributed by atoms with Gasteiger partial charge in [-0.25, -0.2) is 13.1 Å². The number of thiophene rings is 1. The standard InChI is InChI=1S/C14H13Cl2NO4S2/c1-21-13(18)8-11(12-6-3-7-22-12)17-23(19,20)14-9(15)4-2-5-10(14)16/h2-7,11,17H,8H2,1H3/t11-/m1/s1. The minimum Gasteiger partial charge on any atom is -0.469 e. The molecule has 0 aliphatic rings. The van der Waals surface area contributed by atoms with Crippen molar-refractivity contribution in [3.8, 4) is 0 Å². The molecule has 1 heterocycles. The van der Waals surface area contributed by atoms with Crippen molar-refractivity contribution >= 4 is 50.5 Å². The molecule has 0 saturated heterocycles. The molecule has 1 N–H and O–H groups in total. The van der Waals surface area contributed by atoms with Gasteiger partial charge in [0.1, 0.15) is 4.90 Å². The number of ether oxygens (including phenoxy) is 1. The van der Waals surface area contributed by atoms with E-state index in [1.807, 2.05) is 0 Å². The minimum absolute atomic E-state index is 0.00741. The fraction of sp³-hybridized carbons (Fsp3) is 0.214. The van der Waals surface area contributed by atoms with Gasteiger partial charge in [-0.1, -0.05) is 35.3 Å². The maximum atomic E-state index is 12.6. The Morgan fingerprint density at radius 2 is 1.91 bits per heavy atom. The highest BCUT2D eigenvalue weighted by molar-refractivity contribution is 7.89. The van der Waals surface area contributed by atoms with Crippen LogP contribution in [-0.4, -0.2) is 21.5 Å². The maximum Gasteiger partial charge on any atom is 0.307 e. The molecule has 0 bridgehead atoms. The number of esters is 1. The SMILES string of the molecule is COC(=O)C[C@@H](NS(=O)(=O)c1c(Cl)cccc1Cl)c1cccs1. The zero-order chi connectivity index (χ0) is 17.0. The fourth-order valence-corrected chi connectivity index (χ4v) is 5.14. The molecule has 23 heavy (non-hydrogen) atoms. The normalized spacial score (nSPS) is 12.8. The molecule has 5 nitrogen and oxygen atoms in total. The molecule has 0 aliphatic carbocycles. The molecule has 0 unspecified atom stereocenters. The number of hydrogen-bond acceptors (Lipinski definition) is 5. The molecule has 1 aromatic carbocycles. The number of halogens is 2. The van der Waals surface area contributed by atoms with Crippen LogP contribution in [0, 0.1) is 0 Å². The first-order valence-electron chi connectivity index (χ1n) is 6.41. The monoisotopic (exact) mass is 393 g/mol. The molecule has 2 aromatic rings. The van der Waals surface area contributed by atoms with Crippen molar-refractivity contribution in [3.63, 3.8) is 0 Å². The number of rotatable bonds is 6. The Kier molecular flexibility index (Phi) is 6.05. The van der Waals surface area contributed by atoms with Crippen LogP contribution in [0.25, 0.3) is 0 Å². The van der Waals surface area contributed by atoms with E-state index in [0.717, 1.165) is 0 Å². The maximum absolute atomic E-state index is 12.6. The summed E-state index contributed by atoms with van der Waals surface area (Å²) in [6.07, 6.45) is -0.141. The molecule has 0 amide bonds. The van der Waals surface area contributed by atoms with Crippen LogP contribution in [0.4, 0.5) is 0 Å². The van der Waals surface area contributed by atoms with Gasteiger partial charge in [-0.05, 0) is 23.6 Å². The van der Waals surface area contributed by atoms with Gasteiger partial charge in [-0.3, -0.25) is 4.79 Å². The van der Waals surface area contributed by atoms with Crippen molar-refractivity contribution in [3.05, 3.63) is 50.6 Å². The molecule has 0 radical (unpaired) electrons. The van der Waals surface area contributed by atoms with Crippen molar-refractivity contribution in [2.24, 2.45) is 0 Å². The first kappa shape index (κ1) is 18.2. The zero-order valence-corrected chi connectivity index (χ0v) is 15.1. The van der Waals surface area contributed by atoms with Crippen LogP contribution in [0.15, 0.2) is 40.6 Å². The lowest BCUT2D eigenvalue weighted by Crippen LogP contribution is -2.30. The number of hydrogen-bond donors (Lipinski definition) is 1. The Morgan fingerprint density at radius 1 is 1.26 bits per heavy atom. The third-order valence-corrected chi connectivity index (χ3v) is 6.38. The summed E-state index contributed by atoms with van der Waals surface area (Å²) in [5.74, 6) is -0.531. The van der Waals surface area contributed by atoms with E-state index >= 15 is 0 Å². The Bertz CT molecular complexity index is 771. The molecule has 124 valence electrons. The van der Waals surface area contributed by atoms with E-state index in [9.17, 15) is 13.2 Å². The van der Waals surface area contributed by atoms with Gasteiger partial charge in [-0.2, -0.15) is 0 Å². The van der Waals surface area contributed by atoms with E-state index in [0.29, 0.717) is 4.88 Å². The van der Waals surface area contributed by atoms with Crippen LogP contribution >= 0.6 is 34.5 Å². The van der Waals surface area contributed by atoms with Crippen molar-refractivity contribution < 1.29 is 17.9 Å². The van der Waals surface area contributed by atoms with E-state index in [-0.39, 0.29) is 21.4 Å². The van der Waals surface area contributed by atoms with Crippen LogP contribution in [0.5, 0.6) is 0 Å². The van der Waals surface area contributed by atoms with Crippen molar-refractivity contribution in [1.29, 1.82) is 0 Å². The van der Waals surface area contributed by atoms with Gasteiger partial charge >= 0.3 is 5.97 Å². The number of benzene rings is 1. The largest absolute Gasteiger partial charge is 0.469 e. The Balaban J connectivity index is 2.37. The predicted octanol–water partition coefficient (Wildman–Crippen LogP) is 3.64. The van der Waals surface area contributed by atoms with Gasteiger partial charge in [-0.15, -0.1) is 11.3 Å². The second-order valence-corrected chi connectivity index (χ2v) is 7.96. The molecule has 9 heteroatoms. The summed E-state index contributed by atoms with van der Waals surface area (Å²) >= 11 is 13.3. The summed E-state index contributed by atoms with van der Waals surface area (Å²) in [7, 11) is -2.77. The number of carbonyl (C=O) groups is 1. The van der Waals surface area contributed by atoms with Crippen LogP contribution in [0.2, 0.25) is 10.0 Å². The van der Waals surface area contributed by atoms with E-state index in [1.54, 1.807) is 23.6 Å². The minimum atomic E-state index is -4.02. The third kappa shape index (κ3) is 4.45.